The molecule has 100 valence electrons. The average Bonchev–Trinajstić information content (AvgIpc) is 2.35. The van der Waals surface area contributed by atoms with Crippen LogP contribution in [0.2, 0.25) is 0 Å². The van der Waals surface area contributed by atoms with E-state index in [1.807, 2.05) is 6.07 Å². The fourth-order valence-corrected chi connectivity index (χ4v) is 1.99. The van der Waals surface area contributed by atoms with E-state index >= 15 is 0 Å². The number of aromatic carboxylic acids is 1. The smallest absolute Gasteiger partial charge is 0.335 e. The SMILES string of the molecule is CCN(C)CCNCc1ccc(C(=O)O)cc1Br. The fourth-order valence-electron chi connectivity index (χ4n) is 1.47. The summed E-state index contributed by atoms with van der Waals surface area (Å²) in [5.41, 5.74) is 1.37. The van der Waals surface area contributed by atoms with Gasteiger partial charge in [0, 0.05) is 24.1 Å². The molecule has 0 saturated carbocycles. The fraction of sp³-hybridized carbons (Fsp3) is 0.462. The number of carbonyl (C=O) groups is 1. The van der Waals surface area contributed by atoms with Crippen LogP contribution in [0.15, 0.2) is 22.7 Å². The Morgan fingerprint density at radius 2 is 2.22 bits per heavy atom. The first-order valence-corrected chi connectivity index (χ1v) is 6.75. The Morgan fingerprint density at radius 1 is 1.50 bits per heavy atom. The summed E-state index contributed by atoms with van der Waals surface area (Å²) in [4.78, 5) is 13.0. The maximum Gasteiger partial charge on any atom is 0.335 e. The normalized spacial score (nSPS) is 10.9. The second kappa shape index (κ2) is 7.51. The summed E-state index contributed by atoms with van der Waals surface area (Å²) in [6.07, 6.45) is 0. The zero-order chi connectivity index (χ0) is 13.5. The van der Waals surface area contributed by atoms with Crippen molar-refractivity contribution in [1.29, 1.82) is 0 Å². The molecule has 0 amide bonds. The van der Waals surface area contributed by atoms with E-state index in [-0.39, 0.29) is 0 Å². The molecule has 0 radical (unpaired) electrons. The topological polar surface area (TPSA) is 52.6 Å². The van der Waals surface area contributed by atoms with Crippen molar-refractivity contribution < 1.29 is 9.90 Å². The number of carboxylic acids is 1. The van der Waals surface area contributed by atoms with Crippen LogP contribution in [0.25, 0.3) is 0 Å². The number of carboxylic acid groups (broad SMARTS) is 1. The van der Waals surface area contributed by atoms with Gasteiger partial charge in [0.15, 0.2) is 0 Å². The molecule has 0 heterocycles. The maximum absolute atomic E-state index is 10.8. The number of hydrogen-bond donors (Lipinski definition) is 2. The van der Waals surface area contributed by atoms with Crippen molar-refractivity contribution in [3.63, 3.8) is 0 Å². The Bertz CT molecular complexity index is 410. The molecule has 0 aliphatic carbocycles. The monoisotopic (exact) mass is 314 g/mol. The summed E-state index contributed by atoms with van der Waals surface area (Å²) in [5.74, 6) is -0.903. The number of nitrogens with zero attached hydrogens (tertiary/aromatic N) is 1. The predicted octanol–water partition coefficient (Wildman–Crippen LogP) is 2.19. The summed E-state index contributed by atoms with van der Waals surface area (Å²) >= 11 is 3.40. The third kappa shape index (κ3) is 4.76. The van der Waals surface area contributed by atoms with Gasteiger partial charge in [0.25, 0.3) is 0 Å². The molecule has 0 spiro atoms. The van der Waals surface area contributed by atoms with E-state index in [1.54, 1.807) is 12.1 Å². The van der Waals surface area contributed by atoms with Crippen LogP contribution in [0.4, 0.5) is 0 Å². The summed E-state index contributed by atoms with van der Waals surface area (Å²) in [6.45, 7) is 5.82. The highest BCUT2D eigenvalue weighted by molar-refractivity contribution is 9.10. The minimum Gasteiger partial charge on any atom is -0.478 e. The van der Waals surface area contributed by atoms with Gasteiger partial charge < -0.3 is 15.3 Å². The lowest BCUT2D eigenvalue weighted by atomic mass is 10.1. The molecule has 2 N–H and O–H groups in total. The minimum atomic E-state index is -0.903. The molecule has 1 aromatic carbocycles. The van der Waals surface area contributed by atoms with Gasteiger partial charge in [-0.05, 0) is 31.3 Å². The number of rotatable bonds is 7. The van der Waals surface area contributed by atoms with Gasteiger partial charge in [-0.2, -0.15) is 0 Å². The standard InChI is InChI=1S/C13H19BrN2O2/c1-3-16(2)7-6-15-9-11-5-4-10(13(17)18)8-12(11)14/h4-5,8,15H,3,6-7,9H2,1-2H3,(H,17,18). The Balaban J connectivity index is 2.46. The third-order valence-corrected chi connectivity index (χ3v) is 3.56. The van der Waals surface area contributed by atoms with Crippen LogP contribution < -0.4 is 5.32 Å². The third-order valence-electron chi connectivity index (χ3n) is 2.83. The van der Waals surface area contributed by atoms with E-state index in [2.05, 4.69) is 40.1 Å². The predicted molar refractivity (Wildman–Crippen MR) is 76.0 cm³/mol. The van der Waals surface area contributed by atoms with Crippen LogP contribution >= 0.6 is 15.9 Å². The number of halogens is 1. The molecule has 0 saturated heterocycles. The molecular weight excluding hydrogens is 296 g/mol. The molecule has 1 rings (SSSR count). The molecule has 0 aliphatic heterocycles. The highest BCUT2D eigenvalue weighted by Gasteiger charge is 2.06. The summed E-state index contributed by atoms with van der Waals surface area (Å²) in [7, 11) is 2.08. The van der Waals surface area contributed by atoms with E-state index in [9.17, 15) is 4.79 Å². The molecule has 0 unspecified atom stereocenters. The first-order valence-electron chi connectivity index (χ1n) is 5.95. The van der Waals surface area contributed by atoms with Crippen LogP contribution in [0.3, 0.4) is 0 Å². The summed E-state index contributed by atoms with van der Waals surface area (Å²) < 4.78 is 0.832. The second-order valence-corrected chi connectivity index (χ2v) is 5.04. The largest absolute Gasteiger partial charge is 0.478 e. The lowest BCUT2D eigenvalue weighted by Crippen LogP contribution is -2.28. The Labute approximate surface area is 116 Å². The van der Waals surface area contributed by atoms with Gasteiger partial charge in [-0.3, -0.25) is 0 Å². The Kier molecular flexibility index (Phi) is 6.32. The quantitative estimate of drug-likeness (QED) is 0.758. The van der Waals surface area contributed by atoms with Crippen molar-refractivity contribution >= 4 is 21.9 Å². The molecule has 0 bridgehead atoms. The van der Waals surface area contributed by atoms with Crippen LogP contribution in [-0.2, 0) is 6.54 Å². The van der Waals surface area contributed by atoms with Gasteiger partial charge in [0.1, 0.15) is 0 Å². The number of nitrogens with one attached hydrogen (secondary N) is 1. The summed E-state index contributed by atoms with van der Waals surface area (Å²) in [5, 5.41) is 12.2. The highest BCUT2D eigenvalue weighted by atomic mass is 79.9. The number of likely N-dealkylation sites (N-methyl/N-ethyl adjacent to an activating group) is 1. The second-order valence-electron chi connectivity index (χ2n) is 4.18. The van der Waals surface area contributed by atoms with Gasteiger partial charge in [0.05, 0.1) is 5.56 Å². The van der Waals surface area contributed by atoms with Crippen molar-refractivity contribution in [2.75, 3.05) is 26.7 Å². The van der Waals surface area contributed by atoms with Gasteiger partial charge in [0.2, 0.25) is 0 Å². The van der Waals surface area contributed by atoms with Crippen molar-refractivity contribution in [3.8, 4) is 0 Å². The minimum absolute atomic E-state index is 0.302. The van der Waals surface area contributed by atoms with E-state index in [4.69, 9.17) is 5.11 Å². The first-order chi connectivity index (χ1) is 8.54. The maximum atomic E-state index is 10.8. The molecule has 1 aromatic rings. The molecule has 0 fully saturated rings. The molecular formula is C13H19BrN2O2. The van der Waals surface area contributed by atoms with Crippen molar-refractivity contribution in [2.45, 2.75) is 13.5 Å². The molecule has 0 aromatic heterocycles. The van der Waals surface area contributed by atoms with Gasteiger partial charge in [-0.15, -0.1) is 0 Å². The first kappa shape index (κ1) is 15.1. The van der Waals surface area contributed by atoms with E-state index < -0.39 is 5.97 Å². The Morgan fingerprint density at radius 3 is 2.78 bits per heavy atom. The van der Waals surface area contributed by atoms with Crippen molar-refractivity contribution in [2.24, 2.45) is 0 Å². The van der Waals surface area contributed by atoms with Crippen molar-refractivity contribution in [1.82, 2.24) is 10.2 Å². The van der Waals surface area contributed by atoms with Crippen LogP contribution in [0.1, 0.15) is 22.8 Å². The van der Waals surface area contributed by atoms with Crippen molar-refractivity contribution in [3.05, 3.63) is 33.8 Å². The average molecular weight is 315 g/mol. The lowest BCUT2D eigenvalue weighted by molar-refractivity contribution is 0.0697. The Hall–Kier alpha value is -0.910. The van der Waals surface area contributed by atoms with Gasteiger partial charge in [-0.25, -0.2) is 4.79 Å². The van der Waals surface area contributed by atoms with E-state index in [1.165, 1.54) is 0 Å². The molecule has 0 atom stereocenters. The van der Waals surface area contributed by atoms with Gasteiger partial charge in [-0.1, -0.05) is 28.9 Å². The number of hydrogen-bond acceptors (Lipinski definition) is 3. The lowest BCUT2D eigenvalue weighted by Gasteiger charge is -2.14. The zero-order valence-electron chi connectivity index (χ0n) is 10.7. The number of benzene rings is 1. The molecule has 0 aliphatic rings. The van der Waals surface area contributed by atoms with Crippen LogP contribution in [0.5, 0.6) is 0 Å². The summed E-state index contributed by atoms with van der Waals surface area (Å²) in [6, 6.07) is 5.10. The van der Waals surface area contributed by atoms with E-state index in [0.717, 1.165) is 36.2 Å². The van der Waals surface area contributed by atoms with Crippen LogP contribution in [-0.4, -0.2) is 42.7 Å². The highest BCUT2D eigenvalue weighted by Crippen LogP contribution is 2.18. The van der Waals surface area contributed by atoms with E-state index in [0.29, 0.717) is 5.56 Å². The molecule has 5 heteroatoms. The van der Waals surface area contributed by atoms with Gasteiger partial charge >= 0.3 is 5.97 Å². The van der Waals surface area contributed by atoms with Crippen LogP contribution in [0, 0.1) is 0 Å². The molecule has 4 nitrogen and oxygen atoms in total. The molecule has 18 heavy (non-hydrogen) atoms. The zero-order valence-corrected chi connectivity index (χ0v) is 12.3.